The van der Waals surface area contributed by atoms with E-state index in [4.69, 9.17) is 4.74 Å². The van der Waals surface area contributed by atoms with Crippen LogP contribution in [-0.4, -0.2) is 21.6 Å². The molecular weight excluding hydrogens is 116 g/mol. The van der Waals surface area contributed by atoms with Crippen molar-refractivity contribution in [3.05, 3.63) is 12.7 Å². The Labute approximate surface area is 53.0 Å². The van der Waals surface area contributed by atoms with Gasteiger partial charge in [0.05, 0.1) is 15.4 Å². The summed E-state index contributed by atoms with van der Waals surface area (Å²) in [5.74, 6) is 0. The minimum atomic E-state index is -0.177. The average Bonchev–Trinajstić information content (AvgIpc) is 1.66. The van der Waals surface area contributed by atoms with Gasteiger partial charge in [-0.3, -0.25) is 0 Å². The number of ether oxygens (including phenoxy) is 1. The SMILES string of the molecule is C=CCOC[Si](C)C. The summed E-state index contributed by atoms with van der Waals surface area (Å²) in [6.45, 7) is 8.71. The fourth-order valence-corrected chi connectivity index (χ4v) is 0.872. The first kappa shape index (κ1) is 7.92. The second kappa shape index (κ2) is 5.06. The van der Waals surface area contributed by atoms with Gasteiger partial charge >= 0.3 is 0 Å². The molecule has 0 spiro atoms. The third-order valence-electron chi connectivity index (χ3n) is 0.626. The number of rotatable bonds is 4. The molecule has 0 aliphatic carbocycles. The quantitative estimate of drug-likeness (QED) is 0.317. The minimum absolute atomic E-state index is 0.177. The fourth-order valence-electron chi connectivity index (χ4n) is 0.346. The lowest BCUT2D eigenvalue weighted by Crippen LogP contribution is -2.11. The van der Waals surface area contributed by atoms with E-state index in [2.05, 4.69) is 19.7 Å². The van der Waals surface area contributed by atoms with Gasteiger partial charge in [0.2, 0.25) is 0 Å². The lowest BCUT2D eigenvalue weighted by molar-refractivity contribution is 0.208. The van der Waals surface area contributed by atoms with Crippen molar-refractivity contribution in [2.75, 3.05) is 12.8 Å². The summed E-state index contributed by atoms with van der Waals surface area (Å²) in [4.78, 5) is 0. The van der Waals surface area contributed by atoms with E-state index in [1.54, 1.807) is 6.08 Å². The smallest absolute Gasteiger partial charge is 0.0741 e. The van der Waals surface area contributed by atoms with Gasteiger partial charge in [-0.15, -0.1) is 6.58 Å². The first-order valence-corrected chi connectivity index (χ1v) is 5.45. The third kappa shape index (κ3) is 5.92. The van der Waals surface area contributed by atoms with Gasteiger partial charge in [-0.1, -0.05) is 19.2 Å². The zero-order valence-electron chi connectivity index (χ0n) is 5.61. The summed E-state index contributed by atoms with van der Waals surface area (Å²) in [5, 5.41) is 0. The van der Waals surface area contributed by atoms with E-state index in [1.807, 2.05) is 0 Å². The molecule has 0 saturated heterocycles. The van der Waals surface area contributed by atoms with Crippen LogP contribution in [0.3, 0.4) is 0 Å². The Hall–Kier alpha value is -0.0831. The Morgan fingerprint density at radius 1 is 1.62 bits per heavy atom. The summed E-state index contributed by atoms with van der Waals surface area (Å²) in [5.41, 5.74) is 0. The van der Waals surface area contributed by atoms with E-state index in [9.17, 15) is 0 Å². The van der Waals surface area contributed by atoms with Gasteiger partial charge in [0.15, 0.2) is 0 Å². The van der Waals surface area contributed by atoms with Crippen LogP contribution in [-0.2, 0) is 4.74 Å². The number of hydrogen-bond acceptors (Lipinski definition) is 1. The fraction of sp³-hybridized carbons (Fsp3) is 0.667. The molecule has 0 fully saturated rings. The monoisotopic (exact) mass is 129 g/mol. The molecule has 8 heavy (non-hydrogen) atoms. The maximum absolute atomic E-state index is 5.17. The molecule has 1 radical (unpaired) electrons. The van der Waals surface area contributed by atoms with Crippen LogP contribution in [0.2, 0.25) is 13.1 Å². The average molecular weight is 129 g/mol. The summed E-state index contributed by atoms with van der Waals surface area (Å²) in [6.07, 6.45) is 2.72. The van der Waals surface area contributed by atoms with E-state index >= 15 is 0 Å². The van der Waals surface area contributed by atoms with Crippen LogP contribution in [0, 0.1) is 0 Å². The lowest BCUT2D eigenvalue weighted by atomic mass is 10.7. The van der Waals surface area contributed by atoms with Gasteiger partial charge in [0, 0.05) is 6.23 Å². The Kier molecular flexibility index (Phi) is 5.01. The highest BCUT2D eigenvalue weighted by Crippen LogP contribution is 1.81. The molecule has 0 unspecified atom stereocenters. The molecule has 47 valence electrons. The summed E-state index contributed by atoms with van der Waals surface area (Å²) < 4.78 is 5.17. The van der Waals surface area contributed by atoms with Gasteiger partial charge in [0.1, 0.15) is 0 Å². The van der Waals surface area contributed by atoms with Crippen molar-refractivity contribution in [1.82, 2.24) is 0 Å². The molecule has 0 rings (SSSR count). The molecule has 0 aromatic rings. The molecule has 0 aliphatic rings. The predicted molar refractivity (Wildman–Crippen MR) is 38.5 cm³/mol. The van der Waals surface area contributed by atoms with Crippen LogP contribution in [0.15, 0.2) is 12.7 Å². The molecule has 0 amide bonds. The molecule has 1 nitrogen and oxygen atoms in total. The van der Waals surface area contributed by atoms with E-state index in [-0.39, 0.29) is 8.80 Å². The largest absolute Gasteiger partial charge is 0.381 e. The zero-order chi connectivity index (χ0) is 6.41. The Morgan fingerprint density at radius 3 is 2.62 bits per heavy atom. The lowest BCUT2D eigenvalue weighted by Gasteiger charge is -2.00. The second-order valence-electron chi connectivity index (χ2n) is 2.01. The van der Waals surface area contributed by atoms with E-state index in [1.165, 1.54) is 0 Å². The topological polar surface area (TPSA) is 9.23 Å². The van der Waals surface area contributed by atoms with Crippen molar-refractivity contribution >= 4 is 8.80 Å². The van der Waals surface area contributed by atoms with Crippen LogP contribution in [0.5, 0.6) is 0 Å². The van der Waals surface area contributed by atoms with Crippen molar-refractivity contribution in [2.24, 2.45) is 0 Å². The second-order valence-corrected chi connectivity index (χ2v) is 4.71. The Bertz CT molecular complexity index is 61.5. The van der Waals surface area contributed by atoms with Crippen LogP contribution in [0.1, 0.15) is 0 Å². The normalized spacial score (nSPS) is 9.88. The highest BCUT2D eigenvalue weighted by atomic mass is 28.3. The van der Waals surface area contributed by atoms with Crippen LogP contribution < -0.4 is 0 Å². The van der Waals surface area contributed by atoms with E-state index in [0.29, 0.717) is 6.61 Å². The van der Waals surface area contributed by atoms with Crippen molar-refractivity contribution in [1.29, 1.82) is 0 Å². The molecule has 0 atom stereocenters. The summed E-state index contributed by atoms with van der Waals surface area (Å²) in [6, 6.07) is 0. The van der Waals surface area contributed by atoms with Gasteiger partial charge in [-0.2, -0.15) is 0 Å². The van der Waals surface area contributed by atoms with Crippen molar-refractivity contribution in [2.45, 2.75) is 13.1 Å². The van der Waals surface area contributed by atoms with Crippen LogP contribution in [0.25, 0.3) is 0 Å². The third-order valence-corrected chi connectivity index (χ3v) is 1.41. The van der Waals surface area contributed by atoms with E-state index < -0.39 is 0 Å². The Balaban J connectivity index is 2.81. The van der Waals surface area contributed by atoms with Gasteiger partial charge in [-0.05, 0) is 0 Å². The molecule has 0 saturated carbocycles. The molecule has 2 heteroatoms. The van der Waals surface area contributed by atoms with Crippen LogP contribution in [0.4, 0.5) is 0 Å². The van der Waals surface area contributed by atoms with Crippen molar-refractivity contribution in [3.63, 3.8) is 0 Å². The summed E-state index contributed by atoms with van der Waals surface area (Å²) >= 11 is 0. The standard InChI is InChI=1S/C6H13OSi/c1-4-5-7-6-8(2)3/h4H,1,5-6H2,2-3H3. The summed E-state index contributed by atoms with van der Waals surface area (Å²) in [7, 11) is -0.177. The first-order valence-electron chi connectivity index (χ1n) is 2.75. The van der Waals surface area contributed by atoms with E-state index in [0.717, 1.165) is 6.23 Å². The maximum atomic E-state index is 5.17. The van der Waals surface area contributed by atoms with Gasteiger partial charge in [0.25, 0.3) is 0 Å². The van der Waals surface area contributed by atoms with Gasteiger partial charge < -0.3 is 4.74 Å². The zero-order valence-corrected chi connectivity index (χ0v) is 6.61. The molecule has 0 aromatic heterocycles. The van der Waals surface area contributed by atoms with Crippen molar-refractivity contribution < 1.29 is 4.74 Å². The minimum Gasteiger partial charge on any atom is -0.381 e. The van der Waals surface area contributed by atoms with Crippen LogP contribution >= 0.6 is 0 Å². The first-order chi connectivity index (χ1) is 3.77. The predicted octanol–water partition coefficient (Wildman–Crippen LogP) is 1.48. The molecule has 0 aromatic carbocycles. The molecular formula is C6H13OSi. The molecule has 0 N–H and O–H groups in total. The molecule has 0 bridgehead atoms. The van der Waals surface area contributed by atoms with Crippen molar-refractivity contribution in [3.8, 4) is 0 Å². The molecule has 0 aliphatic heterocycles. The van der Waals surface area contributed by atoms with Gasteiger partial charge in [-0.25, -0.2) is 0 Å². The Morgan fingerprint density at radius 2 is 2.25 bits per heavy atom. The number of hydrogen-bond donors (Lipinski definition) is 0. The maximum Gasteiger partial charge on any atom is 0.0741 e. The highest BCUT2D eigenvalue weighted by molar-refractivity contribution is 6.55. The highest BCUT2D eigenvalue weighted by Gasteiger charge is 1.91. The molecule has 0 heterocycles.